The van der Waals surface area contributed by atoms with Crippen LogP contribution in [-0.4, -0.2) is 0 Å². The molecule has 1 unspecified atom stereocenters. The topological polar surface area (TPSA) is 25.2 Å². The van der Waals surface area contributed by atoms with E-state index >= 15 is 0 Å². The Morgan fingerprint density at radius 2 is 1.83 bits per heavy atom. The van der Waals surface area contributed by atoms with E-state index in [4.69, 9.17) is 27.6 Å². The molecule has 5 heteroatoms. The normalized spacial score (nSPS) is 12.5. The Balaban J connectivity index is 2.24. The summed E-state index contributed by atoms with van der Waals surface area (Å²) in [6.07, 6.45) is 0. The second-order valence-corrected chi connectivity index (χ2v) is 4.87. The molecule has 0 saturated carbocycles. The standard InChI is InChI=1S/C13H12Cl2FNO/c1-7-3-4-12(18-7)8(2)17-13-10(14)5-9(16)6-11(13)15/h3-6,8,17H,1-2H3. The van der Waals surface area contributed by atoms with Gasteiger partial charge in [0, 0.05) is 0 Å². The van der Waals surface area contributed by atoms with Gasteiger partial charge in [0.2, 0.25) is 0 Å². The van der Waals surface area contributed by atoms with Crippen molar-refractivity contribution in [1.29, 1.82) is 0 Å². The molecule has 1 atom stereocenters. The maximum absolute atomic E-state index is 13.1. The van der Waals surface area contributed by atoms with Crippen molar-refractivity contribution in [1.82, 2.24) is 0 Å². The molecule has 1 heterocycles. The molecule has 0 aliphatic rings. The molecule has 0 saturated heterocycles. The first-order chi connectivity index (χ1) is 8.47. The van der Waals surface area contributed by atoms with Gasteiger partial charge in [-0.05, 0) is 38.1 Å². The summed E-state index contributed by atoms with van der Waals surface area (Å²) in [5.74, 6) is 1.14. The molecule has 2 nitrogen and oxygen atoms in total. The highest BCUT2D eigenvalue weighted by molar-refractivity contribution is 6.39. The number of halogens is 3. The summed E-state index contributed by atoms with van der Waals surface area (Å²) in [5, 5.41) is 3.60. The van der Waals surface area contributed by atoms with Crippen LogP contribution in [0.4, 0.5) is 10.1 Å². The quantitative estimate of drug-likeness (QED) is 0.839. The predicted octanol–water partition coefficient (Wildman–Crippen LogP) is 5.21. The summed E-state index contributed by atoms with van der Waals surface area (Å²) < 4.78 is 18.6. The fourth-order valence-electron chi connectivity index (χ4n) is 1.65. The zero-order valence-corrected chi connectivity index (χ0v) is 11.4. The average molecular weight is 288 g/mol. The lowest BCUT2D eigenvalue weighted by Gasteiger charge is -2.15. The lowest BCUT2D eigenvalue weighted by Crippen LogP contribution is -2.06. The van der Waals surface area contributed by atoms with Gasteiger partial charge in [0.1, 0.15) is 17.3 Å². The van der Waals surface area contributed by atoms with E-state index in [9.17, 15) is 4.39 Å². The molecule has 2 aromatic rings. The van der Waals surface area contributed by atoms with Crippen molar-refractivity contribution in [3.8, 4) is 0 Å². The second-order valence-electron chi connectivity index (χ2n) is 4.06. The molecular formula is C13H12Cl2FNO. The van der Waals surface area contributed by atoms with Crippen molar-refractivity contribution in [2.75, 3.05) is 5.32 Å². The van der Waals surface area contributed by atoms with Crippen LogP contribution in [-0.2, 0) is 0 Å². The molecule has 1 aromatic carbocycles. The van der Waals surface area contributed by atoms with Gasteiger partial charge >= 0.3 is 0 Å². The number of benzene rings is 1. The molecule has 0 radical (unpaired) electrons. The third-order valence-electron chi connectivity index (χ3n) is 2.56. The van der Waals surface area contributed by atoms with Crippen LogP contribution in [0, 0.1) is 12.7 Å². The first-order valence-corrected chi connectivity index (χ1v) is 6.20. The smallest absolute Gasteiger partial charge is 0.126 e. The summed E-state index contributed by atoms with van der Waals surface area (Å²) in [6, 6.07) is 6.07. The van der Waals surface area contributed by atoms with Crippen molar-refractivity contribution in [2.45, 2.75) is 19.9 Å². The number of hydrogen-bond donors (Lipinski definition) is 1. The Morgan fingerprint density at radius 1 is 1.22 bits per heavy atom. The van der Waals surface area contributed by atoms with Crippen LogP contribution < -0.4 is 5.32 Å². The van der Waals surface area contributed by atoms with Gasteiger partial charge in [-0.25, -0.2) is 4.39 Å². The second kappa shape index (κ2) is 5.21. The SMILES string of the molecule is Cc1ccc(C(C)Nc2c(Cl)cc(F)cc2Cl)o1. The van der Waals surface area contributed by atoms with Gasteiger partial charge in [0.25, 0.3) is 0 Å². The fourth-order valence-corrected chi connectivity index (χ4v) is 2.22. The van der Waals surface area contributed by atoms with Gasteiger partial charge in [-0.3, -0.25) is 0 Å². The van der Waals surface area contributed by atoms with Crippen molar-refractivity contribution in [3.05, 3.63) is 51.6 Å². The number of aryl methyl sites for hydroxylation is 1. The summed E-state index contributed by atoms with van der Waals surface area (Å²) in [6.45, 7) is 3.78. The molecule has 18 heavy (non-hydrogen) atoms. The Kier molecular flexibility index (Phi) is 3.83. The van der Waals surface area contributed by atoms with E-state index in [1.807, 2.05) is 26.0 Å². The number of anilines is 1. The highest BCUT2D eigenvalue weighted by Gasteiger charge is 2.14. The predicted molar refractivity (Wildman–Crippen MR) is 71.9 cm³/mol. The van der Waals surface area contributed by atoms with Crippen LogP contribution in [0.15, 0.2) is 28.7 Å². The van der Waals surface area contributed by atoms with Crippen molar-refractivity contribution in [3.63, 3.8) is 0 Å². The Bertz CT molecular complexity index is 545. The maximum atomic E-state index is 13.1. The molecule has 2 rings (SSSR count). The van der Waals surface area contributed by atoms with E-state index in [1.54, 1.807) is 0 Å². The minimum atomic E-state index is -0.461. The molecule has 0 bridgehead atoms. The molecule has 96 valence electrons. The Labute approximate surface area is 115 Å². The van der Waals surface area contributed by atoms with Gasteiger partial charge in [0.05, 0.1) is 21.8 Å². The summed E-state index contributed by atoms with van der Waals surface area (Å²) in [5.41, 5.74) is 0.501. The largest absolute Gasteiger partial charge is 0.464 e. The van der Waals surface area contributed by atoms with Gasteiger partial charge in [0.15, 0.2) is 0 Å². The van der Waals surface area contributed by atoms with E-state index in [0.29, 0.717) is 5.69 Å². The van der Waals surface area contributed by atoms with Gasteiger partial charge in [-0.1, -0.05) is 23.2 Å². The molecule has 0 fully saturated rings. The maximum Gasteiger partial charge on any atom is 0.126 e. The van der Waals surface area contributed by atoms with E-state index in [-0.39, 0.29) is 16.1 Å². The zero-order valence-electron chi connectivity index (χ0n) is 9.93. The van der Waals surface area contributed by atoms with Crippen LogP contribution in [0.3, 0.4) is 0 Å². The lowest BCUT2D eigenvalue weighted by molar-refractivity contribution is 0.467. The Morgan fingerprint density at radius 3 is 2.33 bits per heavy atom. The van der Waals surface area contributed by atoms with Crippen LogP contribution in [0.1, 0.15) is 24.5 Å². The van der Waals surface area contributed by atoms with Crippen LogP contribution in [0.25, 0.3) is 0 Å². The molecule has 0 amide bonds. The summed E-state index contributed by atoms with van der Waals surface area (Å²) in [4.78, 5) is 0. The molecule has 1 aromatic heterocycles. The minimum absolute atomic E-state index is 0.112. The summed E-state index contributed by atoms with van der Waals surface area (Å²) >= 11 is 11.9. The Hall–Kier alpha value is -1.19. The van der Waals surface area contributed by atoms with E-state index in [0.717, 1.165) is 11.5 Å². The van der Waals surface area contributed by atoms with E-state index < -0.39 is 5.82 Å². The van der Waals surface area contributed by atoms with Crippen LogP contribution in [0.5, 0.6) is 0 Å². The first kappa shape index (κ1) is 13.2. The molecule has 1 N–H and O–H groups in total. The number of furan rings is 1. The zero-order chi connectivity index (χ0) is 13.3. The lowest BCUT2D eigenvalue weighted by atomic mass is 10.2. The number of rotatable bonds is 3. The van der Waals surface area contributed by atoms with E-state index in [2.05, 4.69) is 5.32 Å². The van der Waals surface area contributed by atoms with Crippen LogP contribution in [0.2, 0.25) is 10.0 Å². The third-order valence-corrected chi connectivity index (χ3v) is 3.15. The van der Waals surface area contributed by atoms with Gasteiger partial charge in [-0.2, -0.15) is 0 Å². The minimum Gasteiger partial charge on any atom is -0.464 e. The third kappa shape index (κ3) is 2.79. The number of hydrogen-bond acceptors (Lipinski definition) is 2. The molecular weight excluding hydrogens is 276 g/mol. The molecule has 0 spiro atoms. The van der Waals surface area contributed by atoms with Crippen LogP contribution >= 0.6 is 23.2 Å². The van der Waals surface area contributed by atoms with Crippen molar-refractivity contribution < 1.29 is 8.81 Å². The highest BCUT2D eigenvalue weighted by Crippen LogP contribution is 2.34. The van der Waals surface area contributed by atoms with Crippen molar-refractivity contribution in [2.24, 2.45) is 0 Å². The van der Waals surface area contributed by atoms with E-state index in [1.165, 1.54) is 12.1 Å². The molecule has 0 aliphatic heterocycles. The highest BCUT2D eigenvalue weighted by atomic mass is 35.5. The number of nitrogens with one attached hydrogen (secondary N) is 1. The summed E-state index contributed by atoms with van der Waals surface area (Å²) in [7, 11) is 0. The first-order valence-electron chi connectivity index (χ1n) is 5.45. The fraction of sp³-hybridized carbons (Fsp3) is 0.231. The average Bonchev–Trinajstić information content (AvgIpc) is 2.70. The van der Waals surface area contributed by atoms with Gasteiger partial charge < -0.3 is 9.73 Å². The van der Waals surface area contributed by atoms with Gasteiger partial charge in [-0.15, -0.1) is 0 Å². The molecule has 0 aliphatic carbocycles. The van der Waals surface area contributed by atoms with Crippen molar-refractivity contribution >= 4 is 28.9 Å². The monoisotopic (exact) mass is 287 g/mol.